The van der Waals surface area contributed by atoms with E-state index in [0.29, 0.717) is 22.4 Å². The fourth-order valence-corrected chi connectivity index (χ4v) is 3.79. The Labute approximate surface area is 188 Å². The number of hydrogen-bond acceptors (Lipinski definition) is 7. The van der Waals surface area contributed by atoms with Gasteiger partial charge < -0.3 is 14.7 Å². The molecule has 1 amide bonds. The van der Waals surface area contributed by atoms with Gasteiger partial charge >= 0.3 is 0 Å². The van der Waals surface area contributed by atoms with Crippen molar-refractivity contribution in [3.05, 3.63) is 105 Å². The van der Waals surface area contributed by atoms with Gasteiger partial charge in [0.05, 0.1) is 23.6 Å². The topological polar surface area (TPSA) is 123 Å². The largest absolute Gasteiger partial charge is 0.507 e. The van der Waals surface area contributed by atoms with E-state index < -0.39 is 22.7 Å². The number of ketones is 1. The molecular weight excluding hydrogens is 426 g/mol. The molecule has 166 valence electrons. The zero-order chi connectivity index (χ0) is 23.5. The zero-order valence-corrected chi connectivity index (χ0v) is 17.5. The molecule has 1 aliphatic rings. The van der Waals surface area contributed by atoms with Crippen molar-refractivity contribution in [2.45, 2.75) is 12.6 Å². The number of likely N-dealkylation sites (tertiary alicyclic amines) is 1. The minimum Gasteiger partial charge on any atom is -0.507 e. The minimum atomic E-state index is -1.02. The van der Waals surface area contributed by atoms with Crippen molar-refractivity contribution in [3.8, 4) is 5.75 Å². The Balaban J connectivity index is 1.87. The molecule has 0 bridgehead atoms. The highest BCUT2D eigenvalue weighted by Crippen LogP contribution is 2.41. The van der Waals surface area contributed by atoms with E-state index in [4.69, 9.17) is 4.74 Å². The maximum atomic E-state index is 13.1. The van der Waals surface area contributed by atoms with Crippen LogP contribution in [0.3, 0.4) is 0 Å². The van der Waals surface area contributed by atoms with Crippen LogP contribution in [0, 0.1) is 10.1 Å². The maximum Gasteiger partial charge on any atom is 0.295 e. The molecule has 1 aliphatic heterocycles. The van der Waals surface area contributed by atoms with E-state index >= 15 is 0 Å². The average Bonchev–Trinajstić information content (AvgIpc) is 3.09. The summed E-state index contributed by atoms with van der Waals surface area (Å²) in [6.45, 7) is 0.0329. The fourth-order valence-electron chi connectivity index (χ4n) is 3.79. The van der Waals surface area contributed by atoms with Gasteiger partial charge in [0.1, 0.15) is 11.5 Å². The van der Waals surface area contributed by atoms with E-state index in [-0.39, 0.29) is 23.6 Å². The Bertz CT molecular complexity index is 1250. The number of benzene rings is 2. The molecule has 9 heteroatoms. The molecule has 2 heterocycles. The molecule has 1 saturated heterocycles. The highest BCUT2D eigenvalue weighted by molar-refractivity contribution is 6.46. The number of aliphatic hydroxyl groups is 1. The lowest BCUT2D eigenvalue weighted by Gasteiger charge is -2.25. The number of hydrogen-bond donors (Lipinski definition) is 1. The molecule has 1 atom stereocenters. The molecule has 1 aromatic heterocycles. The van der Waals surface area contributed by atoms with Gasteiger partial charge in [-0.3, -0.25) is 24.7 Å². The molecule has 0 spiro atoms. The zero-order valence-electron chi connectivity index (χ0n) is 17.5. The third kappa shape index (κ3) is 4.16. The Morgan fingerprint density at radius 3 is 2.55 bits per heavy atom. The van der Waals surface area contributed by atoms with E-state index in [1.165, 1.54) is 30.2 Å². The number of pyridine rings is 1. The first kappa shape index (κ1) is 21.7. The first-order valence-electron chi connectivity index (χ1n) is 9.97. The van der Waals surface area contributed by atoms with Gasteiger partial charge in [-0.15, -0.1) is 0 Å². The second kappa shape index (κ2) is 8.91. The summed E-state index contributed by atoms with van der Waals surface area (Å²) in [6, 6.07) is 14.5. The van der Waals surface area contributed by atoms with Gasteiger partial charge in [-0.25, -0.2) is 0 Å². The lowest BCUT2D eigenvalue weighted by molar-refractivity contribution is -0.384. The lowest BCUT2D eigenvalue weighted by atomic mass is 9.95. The molecule has 2 aromatic carbocycles. The molecule has 0 saturated carbocycles. The van der Waals surface area contributed by atoms with E-state index in [9.17, 15) is 24.8 Å². The number of rotatable bonds is 6. The Hall–Kier alpha value is -4.53. The summed E-state index contributed by atoms with van der Waals surface area (Å²) < 4.78 is 5.13. The normalized spacial score (nSPS) is 17.2. The van der Waals surface area contributed by atoms with Crippen molar-refractivity contribution in [1.29, 1.82) is 0 Å². The maximum absolute atomic E-state index is 13.1. The van der Waals surface area contributed by atoms with Crippen LogP contribution in [0.15, 0.2) is 78.6 Å². The summed E-state index contributed by atoms with van der Waals surface area (Å²) in [5.41, 5.74) is 0.977. The van der Waals surface area contributed by atoms with Gasteiger partial charge in [-0.2, -0.15) is 0 Å². The molecule has 4 rings (SSSR count). The number of carbonyl (C=O) groups excluding carboxylic acids is 2. The van der Waals surface area contributed by atoms with Crippen molar-refractivity contribution in [3.63, 3.8) is 0 Å². The molecular formula is C24H19N3O6. The summed E-state index contributed by atoms with van der Waals surface area (Å²) in [6.07, 6.45) is 3.15. The number of nitro groups is 1. The van der Waals surface area contributed by atoms with Gasteiger partial charge in [-0.1, -0.05) is 18.2 Å². The van der Waals surface area contributed by atoms with E-state index in [1.54, 1.807) is 54.9 Å². The second-order valence-corrected chi connectivity index (χ2v) is 7.37. The third-order valence-electron chi connectivity index (χ3n) is 5.38. The molecule has 1 fully saturated rings. The Morgan fingerprint density at radius 2 is 1.91 bits per heavy atom. The number of ether oxygens (including phenoxy) is 1. The van der Waals surface area contributed by atoms with Crippen LogP contribution in [0.5, 0.6) is 5.75 Å². The van der Waals surface area contributed by atoms with Crippen molar-refractivity contribution in [2.24, 2.45) is 0 Å². The Kier molecular flexibility index (Phi) is 5.86. The molecule has 0 radical (unpaired) electrons. The van der Waals surface area contributed by atoms with Gasteiger partial charge in [-0.05, 0) is 41.5 Å². The lowest BCUT2D eigenvalue weighted by Crippen LogP contribution is -2.29. The molecule has 1 N–H and O–H groups in total. The minimum absolute atomic E-state index is 0.0329. The van der Waals surface area contributed by atoms with Crippen molar-refractivity contribution in [1.82, 2.24) is 9.88 Å². The number of amides is 1. The second-order valence-electron chi connectivity index (χ2n) is 7.37. The molecule has 3 aromatic rings. The summed E-state index contributed by atoms with van der Waals surface area (Å²) in [7, 11) is 1.50. The highest BCUT2D eigenvalue weighted by atomic mass is 16.6. The van der Waals surface area contributed by atoms with Crippen molar-refractivity contribution >= 4 is 23.1 Å². The van der Waals surface area contributed by atoms with Crippen LogP contribution in [-0.2, 0) is 16.1 Å². The first-order chi connectivity index (χ1) is 15.9. The van der Waals surface area contributed by atoms with Crippen LogP contribution < -0.4 is 4.74 Å². The van der Waals surface area contributed by atoms with Crippen LogP contribution in [0.4, 0.5) is 5.69 Å². The number of carbonyl (C=O) groups is 2. The Morgan fingerprint density at radius 1 is 1.15 bits per heavy atom. The standard InChI is InChI=1S/C24H19N3O6/c1-33-19-9-7-16(8-10-19)22(28)20-21(17-5-2-6-18(12-17)27(31)32)26(24(30)23(20)29)14-15-4-3-11-25-13-15/h2-13,21,28H,14H2,1H3/b22-20+. The molecule has 0 aliphatic carbocycles. The van der Waals surface area contributed by atoms with Crippen LogP contribution in [0.1, 0.15) is 22.7 Å². The number of methoxy groups -OCH3 is 1. The van der Waals surface area contributed by atoms with Crippen LogP contribution >= 0.6 is 0 Å². The quantitative estimate of drug-likeness (QED) is 0.202. The summed E-state index contributed by atoms with van der Waals surface area (Å²) >= 11 is 0. The van der Waals surface area contributed by atoms with E-state index in [0.717, 1.165) is 0 Å². The smallest absolute Gasteiger partial charge is 0.295 e. The molecule has 9 nitrogen and oxygen atoms in total. The summed E-state index contributed by atoms with van der Waals surface area (Å²) in [4.78, 5) is 42.2. The monoisotopic (exact) mass is 445 g/mol. The highest BCUT2D eigenvalue weighted by Gasteiger charge is 2.46. The number of nitro benzene ring substituents is 1. The van der Waals surface area contributed by atoms with Crippen molar-refractivity contribution < 1.29 is 24.4 Å². The van der Waals surface area contributed by atoms with E-state index in [2.05, 4.69) is 4.98 Å². The number of non-ortho nitro benzene ring substituents is 1. The number of nitrogens with zero attached hydrogens (tertiary/aromatic N) is 3. The first-order valence-corrected chi connectivity index (χ1v) is 9.97. The number of aromatic nitrogens is 1. The van der Waals surface area contributed by atoms with E-state index in [1.807, 2.05) is 0 Å². The van der Waals surface area contributed by atoms with Crippen LogP contribution in [0.2, 0.25) is 0 Å². The van der Waals surface area contributed by atoms with Crippen LogP contribution in [0.25, 0.3) is 5.76 Å². The fraction of sp³-hybridized carbons (Fsp3) is 0.125. The molecule has 1 unspecified atom stereocenters. The van der Waals surface area contributed by atoms with Gasteiger partial charge in [0.25, 0.3) is 17.4 Å². The SMILES string of the molecule is COc1ccc(/C(O)=C2\C(=O)C(=O)N(Cc3cccnc3)C2c2cccc([N+](=O)[O-])c2)cc1. The van der Waals surface area contributed by atoms with Gasteiger partial charge in [0.15, 0.2) is 0 Å². The van der Waals surface area contributed by atoms with Gasteiger partial charge in [0, 0.05) is 36.6 Å². The number of Topliss-reactive ketones (excluding diaryl/α,β-unsaturated/α-hetero) is 1. The van der Waals surface area contributed by atoms with Gasteiger partial charge in [0.2, 0.25) is 0 Å². The molecule has 33 heavy (non-hydrogen) atoms. The summed E-state index contributed by atoms with van der Waals surface area (Å²) in [5, 5.41) is 22.4. The average molecular weight is 445 g/mol. The third-order valence-corrected chi connectivity index (χ3v) is 5.38. The predicted octanol–water partition coefficient (Wildman–Crippen LogP) is 3.62. The van der Waals surface area contributed by atoms with Crippen LogP contribution in [-0.4, -0.2) is 38.7 Å². The summed E-state index contributed by atoms with van der Waals surface area (Å²) in [5.74, 6) is -1.51. The van der Waals surface area contributed by atoms with Crippen molar-refractivity contribution in [2.75, 3.05) is 7.11 Å². The number of aliphatic hydroxyl groups excluding tert-OH is 1. The predicted molar refractivity (Wildman–Crippen MR) is 118 cm³/mol.